The molecule has 0 amide bonds. The lowest BCUT2D eigenvalue weighted by Gasteiger charge is -2.50. The molecule has 0 bridgehead atoms. The van der Waals surface area contributed by atoms with Gasteiger partial charge in [-0.3, -0.25) is 0 Å². The second-order valence-electron chi connectivity index (χ2n) is 10.1. The molecule has 2 fully saturated rings. The fourth-order valence-electron chi connectivity index (χ4n) is 6.23. The summed E-state index contributed by atoms with van der Waals surface area (Å²) in [4.78, 5) is 5.18. The van der Waals surface area contributed by atoms with Crippen LogP contribution in [0, 0.1) is 17.3 Å². The van der Waals surface area contributed by atoms with Gasteiger partial charge in [0, 0.05) is 12.5 Å². The minimum Gasteiger partial charge on any atom is -0.544 e. The van der Waals surface area contributed by atoms with Gasteiger partial charge in [0.15, 0.2) is 0 Å². The summed E-state index contributed by atoms with van der Waals surface area (Å²) in [5.74, 6) is 2.96. The number of methoxy groups -OCH3 is 1. The Hall–Kier alpha value is -1.33. The van der Waals surface area contributed by atoms with E-state index in [1.165, 1.54) is 36.1 Å². The quantitative estimate of drug-likeness (QED) is 0.465. The topological polar surface area (TPSA) is 40.0 Å². The number of hydrogen-bond acceptors (Lipinski definition) is 4. The van der Waals surface area contributed by atoms with Crippen molar-refractivity contribution in [1.82, 2.24) is 0 Å². The predicted molar refractivity (Wildman–Crippen MR) is 116 cm³/mol. The first-order chi connectivity index (χ1) is 13.3. The Balaban J connectivity index is 1.68. The summed E-state index contributed by atoms with van der Waals surface area (Å²) >= 11 is 0. The van der Waals surface area contributed by atoms with Crippen LogP contribution in [-0.4, -0.2) is 28.2 Å². The van der Waals surface area contributed by atoms with Crippen LogP contribution in [0.3, 0.4) is 0 Å². The van der Waals surface area contributed by atoms with E-state index in [4.69, 9.17) is 14.0 Å². The third-order valence-corrected chi connectivity index (χ3v) is 8.23. The molecule has 1 aromatic carbocycles. The molecule has 0 heterocycles. The SMILES string of the molecule is CO/N=C1\CC[C@H]2[C@@H]3C[C@@H](OC)c4cc(O[Si](C)(C)C)ccc4[C@H]3CC[C@]12C. The minimum atomic E-state index is -1.62. The number of benzene rings is 1. The van der Waals surface area contributed by atoms with E-state index in [9.17, 15) is 0 Å². The van der Waals surface area contributed by atoms with Gasteiger partial charge >= 0.3 is 0 Å². The fourth-order valence-corrected chi connectivity index (χ4v) is 7.07. The molecule has 154 valence electrons. The predicted octanol–water partition coefficient (Wildman–Crippen LogP) is 5.90. The Kier molecular flexibility index (Phi) is 5.11. The molecule has 0 radical (unpaired) electrons. The van der Waals surface area contributed by atoms with Gasteiger partial charge in [0.25, 0.3) is 0 Å². The van der Waals surface area contributed by atoms with Crippen molar-refractivity contribution in [3.8, 4) is 5.75 Å². The molecule has 0 saturated heterocycles. The van der Waals surface area contributed by atoms with E-state index < -0.39 is 8.32 Å². The highest BCUT2D eigenvalue weighted by molar-refractivity contribution is 6.70. The maximum absolute atomic E-state index is 6.28. The number of nitrogens with zero attached hydrogens (tertiary/aromatic N) is 1. The maximum atomic E-state index is 6.28. The van der Waals surface area contributed by atoms with Crippen molar-refractivity contribution < 1.29 is 14.0 Å². The Morgan fingerprint density at radius 1 is 1.11 bits per heavy atom. The van der Waals surface area contributed by atoms with E-state index >= 15 is 0 Å². The van der Waals surface area contributed by atoms with Gasteiger partial charge in [0.2, 0.25) is 8.32 Å². The molecule has 28 heavy (non-hydrogen) atoms. The fraction of sp³-hybridized carbons (Fsp3) is 0.696. The van der Waals surface area contributed by atoms with Crippen LogP contribution in [0.5, 0.6) is 5.75 Å². The molecule has 0 aliphatic heterocycles. The molecule has 0 N–H and O–H groups in total. The van der Waals surface area contributed by atoms with E-state index in [0.717, 1.165) is 18.6 Å². The average molecular weight is 402 g/mol. The van der Waals surface area contributed by atoms with Gasteiger partial charge in [-0.05, 0) is 92.8 Å². The maximum Gasteiger partial charge on any atom is 0.242 e. The van der Waals surface area contributed by atoms with E-state index in [1.807, 2.05) is 7.11 Å². The molecule has 0 aromatic heterocycles. The lowest BCUT2D eigenvalue weighted by atomic mass is 9.55. The van der Waals surface area contributed by atoms with Crippen LogP contribution in [0.4, 0.5) is 0 Å². The molecule has 0 spiro atoms. The Bertz CT molecular complexity index is 772. The summed E-state index contributed by atoms with van der Waals surface area (Å²) < 4.78 is 12.3. The van der Waals surface area contributed by atoms with Crippen molar-refractivity contribution in [2.24, 2.45) is 22.4 Å². The van der Waals surface area contributed by atoms with Crippen molar-refractivity contribution in [1.29, 1.82) is 0 Å². The van der Waals surface area contributed by atoms with Crippen molar-refractivity contribution in [2.75, 3.05) is 14.2 Å². The monoisotopic (exact) mass is 401 g/mol. The summed E-state index contributed by atoms with van der Waals surface area (Å²) in [6.07, 6.45) is 5.98. The number of fused-ring (bicyclic) bond motifs is 5. The molecule has 4 nitrogen and oxygen atoms in total. The Labute approximate surface area is 170 Å². The van der Waals surface area contributed by atoms with Gasteiger partial charge < -0.3 is 14.0 Å². The van der Waals surface area contributed by atoms with Gasteiger partial charge in [0.05, 0.1) is 11.8 Å². The number of hydrogen-bond donors (Lipinski definition) is 0. The van der Waals surface area contributed by atoms with Gasteiger partial charge in [0.1, 0.15) is 12.9 Å². The van der Waals surface area contributed by atoms with Crippen molar-refractivity contribution >= 4 is 14.0 Å². The normalized spacial score (nSPS) is 35.9. The molecule has 3 aliphatic rings. The summed E-state index contributed by atoms with van der Waals surface area (Å²) in [5, 5.41) is 4.42. The van der Waals surface area contributed by atoms with Crippen LogP contribution < -0.4 is 4.43 Å². The number of oxime groups is 1. The smallest absolute Gasteiger partial charge is 0.242 e. The van der Waals surface area contributed by atoms with Crippen LogP contribution in [0.25, 0.3) is 0 Å². The van der Waals surface area contributed by atoms with Crippen molar-refractivity contribution in [2.45, 2.75) is 70.7 Å². The zero-order chi connectivity index (χ0) is 20.1. The first kappa shape index (κ1) is 20.0. The van der Waals surface area contributed by atoms with Gasteiger partial charge in [-0.15, -0.1) is 0 Å². The molecule has 5 atom stereocenters. The first-order valence-corrected chi connectivity index (χ1v) is 14.1. The minimum absolute atomic E-state index is 0.159. The molecule has 0 unspecified atom stereocenters. The third-order valence-electron chi connectivity index (χ3n) is 7.38. The standard InChI is InChI=1S/C23H35NO3Si/c1-23-12-11-17-16-8-7-15(27-28(4,5)6)13-19(16)21(25-2)14-18(17)20(23)9-10-22(23)24-26-3/h7-8,13,17-18,20-21H,9-12,14H2,1-6H3/b24-22+/t17-,18-,20+,21-,23+/m1/s1. The van der Waals surface area contributed by atoms with Gasteiger partial charge in [-0.25, -0.2) is 0 Å². The zero-order valence-corrected chi connectivity index (χ0v) is 19.2. The van der Waals surface area contributed by atoms with E-state index in [-0.39, 0.29) is 11.5 Å². The second kappa shape index (κ2) is 7.17. The average Bonchev–Trinajstić information content (AvgIpc) is 2.96. The lowest BCUT2D eigenvalue weighted by molar-refractivity contribution is 0.0136. The van der Waals surface area contributed by atoms with Crippen molar-refractivity contribution in [3.05, 3.63) is 29.3 Å². The van der Waals surface area contributed by atoms with Crippen molar-refractivity contribution in [3.63, 3.8) is 0 Å². The molecule has 5 heteroatoms. The molecule has 4 rings (SSSR count). The van der Waals surface area contributed by atoms with Crippen LogP contribution in [0.2, 0.25) is 19.6 Å². The first-order valence-electron chi connectivity index (χ1n) is 10.7. The molecule has 3 aliphatic carbocycles. The molecular formula is C23H35NO3Si. The van der Waals surface area contributed by atoms with E-state index in [2.05, 4.69) is 49.9 Å². The molecular weight excluding hydrogens is 366 g/mol. The van der Waals surface area contributed by atoms with Gasteiger partial charge in [-0.2, -0.15) is 0 Å². The van der Waals surface area contributed by atoms with Crippen LogP contribution in [0.1, 0.15) is 62.2 Å². The zero-order valence-electron chi connectivity index (χ0n) is 18.2. The lowest BCUT2D eigenvalue weighted by Crippen LogP contribution is -2.43. The van der Waals surface area contributed by atoms with E-state index in [0.29, 0.717) is 17.8 Å². The second-order valence-corrected chi connectivity index (χ2v) is 14.5. The molecule has 1 aromatic rings. The highest BCUT2D eigenvalue weighted by Gasteiger charge is 2.55. The summed E-state index contributed by atoms with van der Waals surface area (Å²) in [6.45, 7) is 9.12. The largest absolute Gasteiger partial charge is 0.544 e. The highest BCUT2D eigenvalue weighted by Crippen LogP contribution is 2.61. The summed E-state index contributed by atoms with van der Waals surface area (Å²) in [5.41, 5.74) is 4.31. The summed E-state index contributed by atoms with van der Waals surface area (Å²) in [6, 6.07) is 6.78. The van der Waals surface area contributed by atoms with Crippen LogP contribution in [0.15, 0.2) is 23.4 Å². The number of ether oxygens (including phenoxy) is 1. The third kappa shape index (κ3) is 3.30. The molecule has 2 saturated carbocycles. The number of rotatable bonds is 4. The van der Waals surface area contributed by atoms with Gasteiger partial charge in [-0.1, -0.05) is 18.1 Å². The van der Waals surface area contributed by atoms with Crippen LogP contribution in [-0.2, 0) is 9.57 Å². The Morgan fingerprint density at radius 2 is 1.89 bits per heavy atom. The van der Waals surface area contributed by atoms with Crippen LogP contribution >= 0.6 is 0 Å². The Morgan fingerprint density at radius 3 is 2.57 bits per heavy atom. The summed E-state index contributed by atoms with van der Waals surface area (Å²) in [7, 11) is 1.91. The van der Waals surface area contributed by atoms with E-state index in [1.54, 1.807) is 7.11 Å². The highest BCUT2D eigenvalue weighted by atomic mass is 28.4.